The Morgan fingerprint density at radius 2 is 1.69 bits per heavy atom. The fraction of sp³-hybridized carbons (Fsp3) is 0.370. The molecule has 0 bridgehead atoms. The summed E-state index contributed by atoms with van der Waals surface area (Å²) in [4.78, 5) is 24.6. The average molecular weight is 428 g/mol. The summed E-state index contributed by atoms with van der Waals surface area (Å²) >= 11 is 0. The number of para-hydroxylation sites is 1. The molecule has 2 aliphatic rings. The quantitative estimate of drug-likeness (QED) is 0.589. The maximum atomic E-state index is 12.8. The van der Waals surface area contributed by atoms with Gasteiger partial charge in [-0.2, -0.15) is 0 Å². The molecule has 0 saturated carbocycles. The monoisotopic (exact) mass is 427 g/mol. The van der Waals surface area contributed by atoms with Gasteiger partial charge in [0.25, 0.3) is 0 Å². The summed E-state index contributed by atoms with van der Waals surface area (Å²) in [5, 5.41) is 0. The summed E-state index contributed by atoms with van der Waals surface area (Å²) < 4.78 is 6.42. The minimum Gasteiger partial charge on any atom is -0.486 e. The number of piperidine rings is 1. The lowest BCUT2D eigenvalue weighted by Gasteiger charge is -2.44. The average Bonchev–Trinajstić information content (AvgIpc) is 2.77. The molecular weight excluding hydrogens is 398 g/mol. The largest absolute Gasteiger partial charge is 0.486 e. The number of Topliss-reactive ketones (excluding diaryl/α,β-unsaturated/α-hetero) is 1. The van der Waals surface area contributed by atoms with Crippen LogP contribution in [0, 0.1) is 20.8 Å². The highest BCUT2D eigenvalue weighted by Gasteiger charge is 2.43. The summed E-state index contributed by atoms with van der Waals surface area (Å²) in [6, 6.07) is 16.3. The van der Waals surface area contributed by atoms with Crippen LogP contribution in [0.4, 0.5) is 5.82 Å². The number of carbonyl (C=O) groups is 1. The number of fused-ring (bicyclic) bond motifs is 1. The zero-order chi connectivity index (χ0) is 22.3. The molecule has 5 rings (SSSR count). The molecule has 0 amide bonds. The van der Waals surface area contributed by atoms with Crippen molar-refractivity contribution < 1.29 is 9.53 Å². The molecule has 0 atom stereocenters. The second-order valence-corrected chi connectivity index (χ2v) is 9.19. The van der Waals surface area contributed by atoms with Crippen molar-refractivity contribution in [2.75, 3.05) is 18.0 Å². The van der Waals surface area contributed by atoms with Gasteiger partial charge >= 0.3 is 0 Å². The first-order valence-electron chi connectivity index (χ1n) is 11.4. The van der Waals surface area contributed by atoms with Crippen molar-refractivity contribution in [1.82, 2.24) is 9.97 Å². The Balaban J connectivity index is 1.39. The van der Waals surface area contributed by atoms with Gasteiger partial charge in [-0.3, -0.25) is 4.79 Å². The summed E-state index contributed by atoms with van der Waals surface area (Å²) in [5.41, 5.74) is 5.04. The van der Waals surface area contributed by atoms with E-state index in [4.69, 9.17) is 9.72 Å². The Morgan fingerprint density at radius 1 is 0.969 bits per heavy atom. The van der Waals surface area contributed by atoms with Crippen molar-refractivity contribution in [2.45, 2.75) is 52.1 Å². The summed E-state index contributed by atoms with van der Waals surface area (Å²) in [6.07, 6.45) is 2.87. The van der Waals surface area contributed by atoms with Crippen LogP contribution < -0.4 is 9.64 Å². The number of hydrogen-bond donors (Lipinski definition) is 0. The predicted molar refractivity (Wildman–Crippen MR) is 126 cm³/mol. The standard InChI is InChI=1S/C27H29N3O2/c1-18-8-10-21(11-9-18)16-23-19(2)28-20(3)29-26(23)30-14-12-27(13-15-30)17-24(31)22-6-4-5-7-25(22)32-27/h4-11H,12-17H2,1-3H3. The van der Waals surface area contributed by atoms with Crippen LogP contribution in [0.25, 0.3) is 0 Å². The number of ketones is 1. The number of hydrogen-bond acceptors (Lipinski definition) is 5. The number of carbonyl (C=O) groups excluding carboxylic acids is 1. The molecule has 3 heterocycles. The molecule has 2 aromatic carbocycles. The Bertz CT molecular complexity index is 1160. The number of aryl methyl sites for hydroxylation is 3. The summed E-state index contributed by atoms with van der Waals surface area (Å²) in [5.74, 6) is 2.73. The molecule has 164 valence electrons. The molecule has 1 saturated heterocycles. The molecule has 5 heteroatoms. The first-order chi connectivity index (χ1) is 15.4. The van der Waals surface area contributed by atoms with Crippen LogP contribution in [0.5, 0.6) is 5.75 Å². The van der Waals surface area contributed by atoms with E-state index in [2.05, 4.69) is 48.0 Å². The highest BCUT2D eigenvalue weighted by molar-refractivity contribution is 6.00. The predicted octanol–water partition coefficient (Wildman–Crippen LogP) is 5.00. The minimum absolute atomic E-state index is 0.189. The SMILES string of the molecule is Cc1ccc(Cc2c(C)nc(C)nc2N2CCC3(CC2)CC(=O)c2ccccc2O3)cc1. The van der Waals surface area contributed by atoms with Crippen LogP contribution in [0.3, 0.4) is 0 Å². The molecule has 0 radical (unpaired) electrons. The third-order valence-corrected chi connectivity index (χ3v) is 6.78. The van der Waals surface area contributed by atoms with Gasteiger partial charge in [-0.15, -0.1) is 0 Å². The Morgan fingerprint density at radius 3 is 2.44 bits per heavy atom. The molecule has 1 aromatic heterocycles. The molecule has 0 aliphatic carbocycles. The number of ether oxygens (including phenoxy) is 1. The molecule has 1 fully saturated rings. The van der Waals surface area contributed by atoms with E-state index in [1.165, 1.54) is 16.7 Å². The molecule has 32 heavy (non-hydrogen) atoms. The number of nitrogens with zero attached hydrogens (tertiary/aromatic N) is 3. The lowest BCUT2D eigenvalue weighted by Crippen LogP contribution is -2.51. The highest BCUT2D eigenvalue weighted by Crippen LogP contribution is 2.40. The van der Waals surface area contributed by atoms with Crippen molar-refractivity contribution in [3.8, 4) is 5.75 Å². The van der Waals surface area contributed by atoms with Crippen LogP contribution in [0.1, 0.15) is 57.8 Å². The van der Waals surface area contributed by atoms with E-state index in [-0.39, 0.29) is 5.78 Å². The van der Waals surface area contributed by atoms with Crippen molar-refractivity contribution in [3.63, 3.8) is 0 Å². The van der Waals surface area contributed by atoms with E-state index in [1.807, 2.05) is 31.2 Å². The van der Waals surface area contributed by atoms with Gasteiger partial charge < -0.3 is 9.64 Å². The maximum Gasteiger partial charge on any atom is 0.170 e. The highest BCUT2D eigenvalue weighted by atomic mass is 16.5. The van der Waals surface area contributed by atoms with Gasteiger partial charge in [-0.05, 0) is 38.5 Å². The van der Waals surface area contributed by atoms with Gasteiger partial charge in [0.15, 0.2) is 5.78 Å². The topological polar surface area (TPSA) is 55.3 Å². The van der Waals surface area contributed by atoms with E-state index in [9.17, 15) is 4.79 Å². The van der Waals surface area contributed by atoms with Crippen molar-refractivity contribution in [3.05, 3.63) is 82.3 Å². The van der Waals surface area contributed by atoms with E-state index >= 15 is 0 Å². The van der Waals surface area contributed by atoms with E-state index in [0.29, 0.717) is 12.0 Å². The lowest BCUT2D eigenvalue weighted by molar-refractivity contribution is 0.0231. The van der Waals surface area contributed by atoms with Gasteiger partial charge in [-0.25, -0.2) is 9.97 Å². The third kappa shape index (κ3) is 3.88. The molecule has 1 spiro atoms. The van der Waals surface area contributed by atoms with Crippen molar-refractivity contribution in [1.29, 1.82) is 0 Å². The Hall–Kier alpha value is -3.21. The molecule has 2 aliphatic heterocycles. The van der Waals surface area contributed by atoms with Gasteiger partial charge in [0.1, 0.15) is 23.0 Å². The van der Waals surface area contributed by atoms with Crippen LogP contribution in [-0.2, 0) is 6.42 Å². The van der Waals surface area contributed by atoms with Crippen molar-refractivity contribution >= 4 is 11.6 Å². The summed E-state index contributed by atoms with van der Waals surface area (Å²) in [6.45, 7) is 7.76. The first-order valence-corrected chi connectivity index (χ1v) is 11.4. The fourth-order valence-electron chi connectivity index (χ4n) is 4.94. The third-order valence-electron chi connectivity index (χ3n) is 6.78. The van der Waals surface area contributed by atoms with E-state index in [0.717, 1.165) is 55.4 Å². The van der Waals surface area contributed by atoms with Crippen LogP contribution in [-0.4, -0.2) is 34.4 Å². The Labute approximate surface area is 189 Å². The minimum atomic E-state index is -0.407. The van der Waals surface area contributed by atoms with Crippen LogP contribution >= 0.6 is 0 Å². The lowest BCUT2D eigenvalue weighted by atomic mass is 9.82. The first kappa shape index (κ1) is 20.7. The van der Waals surface area contributed by atoms with Gasteiger partial charge in [0.2, 0.25) is 0 Å². The Kier molecular flexibility index (Phi) is 5.20. The van der Waals surface area contributed by atoms with Gasteiger partial charge in [-0.1, -0.05) is 42.0 Å². The number of rotatable bonds is 3. The normalized spacial score (nSPS) is 17.2. The summed E-state index contributed by atoms with van der Waals surface area (Å²) in [7, 11) is 0. The number of benzene rings is 2. The number of anilines is 1. The molecule has 5 nitrogen and oxygen atoms in total. The van der Waals surface area contributed by atoms with E-state index < -0.39 is 5.60 Å². The van der Waals surface area contributed by atoms with Crippen LogP contribution in [0.15, 0.2) is 48.5 Å². The van der Waals surface area contributed by atoms with Crippen LogP contribution in [0.2, 0.25) is 0 Å². The number of aromatic nitrogens is 2. The zero-order valence-corrected chi connectivity index (χ0v) is 19.0. The molecule has 3 aromatic rings. The fourth-order valence-corrected chi connectivity index (χ4v) is 4.94. The molecule has 0 N–H and O–H groups in total. The zero-order valence-electron chi connectivity index (χ0n) is 19.0. The smallest absolute Gasteiger partial charge is 0.170 e. The van der Waals surface area contributed by atoms with Gasteiger partial charge in [0, 0.05) is 43.6 Å². The molecule has 0 unspecified atom stereocenters. The van der Waals surface area contributed by atoms with Gasteiger partial charge in [0.05, 0.1) is 12.0 Å². The second kappa shape index (κ2) is 8.05. The molecular formula is C27H29N3O2. The van der Waals surface area contributed by atoms with Crippen molar-refractivity contribution in [2.24, 2.45) is 0 Å². The van der Waals surface area contributed by atoms with E-state index in [1.54, 1.807) is 0 Å². The second-order valence-electron chi connectivity index (χ2n) is 9.19. The maximum absolute atomic E-state index is 12.8.